The fourth-order valence-corrected chi connectivity index (χ4v) is 2.26. The van der Waals surface area contributed by atoms with Crippen LogP contribution in [0.1, 0.15) is 24.0 Å². The van der Waals surface area contributed by atoms with E-state index < -0.39 is 0 Å². The van der Waals surface area contributed by atoms with Crippen molar-refractivity contribution in [3.63, 3.8) is 0 Å². The van der Waals surface area contributed by atoms with Crippen LogP contribution in [0, 0.1) is 6.07 Å². The van der Waals surface area contributed by atoms with E-state index in [1.165, 1.54) is 24.0 Å². The van der Waals surface area contributed by atoms with Gasteiger partial charge in [0, 0.05) is 12.1 Å². The van der Waals surface area contributed by atoms with Crippen molar-refractivity contribution in [2.45, 2.75) is 24.9 Å². The van der Waals surface area contributed by atoms with Gasteiger partial charge < -0.3 is 5.32 Å². The molecule has 1 radical (unpaired) electrons. The number of rotatable bonds is 4. The molecule has 0 spiro atoms. The Labute approximate surface area is 102 Å². The summed E-state index contributed by atoms with van der Waals surface area (Å²) >= 11 is 0. The summed E-state index contributed by atoms with van der Waals surface area (Å²) in [6.45, 7) is 0.934. The average Bonchev–Trinajstić information content (AvgIpc) is 3.20. The summed E-state index contributed by atoms with van der Waals surface area (Å²) in [7, 11) is 0. The van der Waals surface area contributed by atoms with Crippen LogP contribution in [0.4, 0.5) is 0 Å². The highest BCUT2D eigenvalue weighted by Crippen LogP contribution is 2.45. The summed E-state index contributed by atoms with van der Waals surface area (Å²) in [5, 5.41) is 3.69. The predicted molar refractivity (Wildman–Crippen MR) is 69.5 cm³/mol. The van der Waals surface area contributed by atoms with Crippen LogP contribution in [-0.4, -0.2) is 0 Å². The maximum atomic E-state index is 3.69. The van der Waals surface area contributed by atoms with Crippen molar-refractivity contribution in [2.24, 2.45) is 0 Å². The number of hydrogen-bond acceptors (Lipinski definition) is 1. The molecule has 0 aliphatic heterocycles. The van der Waals surface area contributed by atoms with E-state index in [1.807, 2.05) is 12.1 Å². The van der Waals surface area contributed by atoms with Crippen LogP contribution in [-0.2, 0) is 12.1 Å². The second-order valence-corrected chi connectivity index (χ2v) is 4.71. The molecule has 0 atom stereocenters. The monoisotopic (exact) mass is 222 g/mol. The van der Waals surface area contributed by atoms with E-state index in [9.17, 15) is 0 Å². The minimum atomic E-state index is 0.237. The van der Waals surface area contributed by atoms with E-state index in [4.69, 9.17) is 0 Å². The average molecular weight is 222 g/mol. The van der Waals surface area contributed by atoms with Crippen molar-refractivity contribution in [1.29, 1.82) is 0 Å². The lowest BCUT2D eigenvalue weighted by Gasteiger charge is -2.17. The Balaban J connectivity index is 1.70. The second-order valence-electron chi connectivity index (χ2n) is 4.71. The summed E-state index contributed by atoms with van der Waals surface area (Å²) in [5.74, 6) is 0. The molecule has 0 heterocycles. The number of hydrogen-bond donors (Lipinski definition) is 1. The van der Waals surface area contributed by atoms with Crippen LogP contribution in [0.2, 0.25) is 0 Å². The number of nitrogens with one attached hydrogen (secondary N) is 1. The SMILES string of the molecule is [c]1ccc(CNC2(c3ccccc3)CC2)cc1. The van der Waals surface area contributed by atoms with Crippen molar-refractivity contribution in [2.75, 3.05) is 0 Å². The summed E-state index contributed by atoms with van der Waals surface area (Å²) < 4.78 is 0. The van der Waals surface area contributed by atoms with Gasteiger partial charge in [-0.3, -0.25) is 0 Å². The van der Waals surface area contributed by atoms with E-state index in [-0.39, 0.29) is 5.54 Å². The van der Waals surface area contributed by atoms with Gasteiger partial charge in [-0.05, 0) is 30.0 Å². The summed E-state index contributed by atoms with van der Waals surface area (Å²) in [4.78, 5) is 0. The van der Waals surface area contributed by atoms with Crippen LogP contribution < -0.4 is 5.32 Å². The molecule has 0 unspecified atom stereocenters. The van der Waals surface area contributed by atoms with Crippen molar-refractivity contribution in [1.82, 2.24) is 5.32 Å². The Bertz CT molecular complexity index is 471. The normalized spacial score (nSPS) is 16.7. The largest absolute Gasteiger partial charge is 0.303 e. The standard InChI is InChI=1S/C16H16N/c1-3-7-14(8-4-1)13-17-16(11-12-16)15-9-5-2-6-10-15/h2-10,17H,11-13H2. The molecule has 1 heteroatoms. The Morgan fingerprint density at radius 1 is 1.00 bits per heavy atom. The molecule has 3 rings (SSSR count). The Morgan fingerprint density at radius 2 is 1.71 bits per heavy atom. The lowest BCUT2D eigenvalue weighted by molar-refractivity contribution is 0.519. The lowest BCUT2D eigenvalue weighted by Crippen LogP contribution is -2.28. The molecule has 1 aliphatic rings. The number of benzene rings is 2. The maximum absolute atomic E-state index is 3.69. The Hall–Kier alpha value is -1.60. The van der Waals surface area contributed by atoms with Crippen molar-refractivity contribution < 1.29 is 0 Å². The van der Waals surface area contributed by atoms with Gasteiger partial charge in [-0.15, -0.1) is 0 Å². The van der Waals surface area contributed by atoms with E-state index in [0.29, 0.717) is 0 Å². The first-order chi connectivity index (χ1) is 8.39. The molecular formula is C16H16N. The molecule has 0 bridgehead atoms. The molecule has 1 aliphatic carbocycles. The highest BCUT2D eigenvalue weighted by atomic mass is 15.0. The fraction of sp³-hybridized carbons (Fsp3) is 0.250. The van der Waals surface area contributed by atoms with Gasteiger partial charge in [-0.25, -0.2) is 0 Å². The van der Waals surface area contributed by atoms with Crippen LogP contribution in [0.25, 0.3) is 0 Å². The van der Waals surface area contributed by atoms with E-state index in [1.54, 1.807) is 0 Å². The third kappa shape index (κ3) is 2.25. The van der Waals surface area contributed by atoms with Gasteiger partial charge >= 0.3 is 0 Å². The van der Waals surface area contributed by atoms with Gasteiger partial charge in [0.15, 0.2) is 0 Å². The zero-order valence-corrected chi connectivity index (χ0v) is 9.82. The first-order valence-corrected chi connectivity index (χ1v) is 6.15. The molecule has 1 fully saturated rings. The topological polar surface area (TPSA) is 12.0 Å². The van der Waals surface area contributed by atoms with Crippen LogP contribution >= 0.6 is 0 Å². The van der Waals surface area contributed by atoms with Crippen LogP contribution in [0.5, 0.6) is 0 Å². The van der Waals surface area contributed by atoms with Gasteiger partial charge in [0.25, 0.3) is 0 Å². The van der Waals surface area contributed by atoms with E-state index in [2.05, 4.69) is 53.8 Å². The molecule has 2 aromatic carbocycles. The molecule has 0 saturated heterocycles. The fourth-order valence-electron chi connectivity index (χ4n) is 2.26. The molecule has 2 aromatic rings. The second kappa shape index (κ2) is 4.34. The third-order valence-electron chi connectivity index (χ3n) is 3.49. The summed E-state index contributed by atoms with van der Waals surface area (Å²) in [6, 6.07) is 22.0. The van der Waals surface area contributed by atoms with Gasteiger partial charge in [0.05, 0.1) is 0 Å². The minimum Gasteiger partial charge on any atom is -0.303 e. The van der Waals surface area contributed by atoms with Crippen molar-refractivity contribution in [3.05, 3.63) is 71.8 Å². The highest BCUT2D eigenvalue weighted by Gasteiger charge is 2.43. The van der Waals surface area contributed by atoms with Gasteiger partial charge in [-0.1, -0.05) is 54.6 Å². The molecule has 1 saturated carbocycles. The third-order valence-corrected chi connectivity index (χ3v) is 3.49. The van der Waals surface area contributed by atoms with Crippen LogP contribution in [0.15, 0.2) is 54.6 Å². The zero-order chi connectivity index (χ0) is 11.6. The maximum Gasteiger partial charge on any atom is 0.0438 e. The van der Waals surface area contributed by atoms with Gasteiger partial charge in [0.2, 0.25) is 0 Å². The first kappa shape index (κ1) is 10.5. The summed E-state index contributed by atoms with van der Waals surface area (Å²) in [6.07, 6.45) is 2.49. The molecule has 0 amide bonds. The molecule has 85 valence electrons. The van der Waals surface area contributed by atoms with E-state index >= 15 is 0 Å². The zero-order valence-electron chi connectivity index (χ0n) is 9.82. The van der Waals surface area contributed by atoms with Crippen molar-refractivity contribution >= 4 is 0 Å². The van der Waals surface area contributed by atoms with E-state index in [0.717, 1.165) is 6.54 Å². The molecule has 1 N–H and O–H groups in total. The lowest BCUT2D eigenvalue weighted by atomic mass is 10.0. The first-order valence-electron chi connectivity index (χ1n) is 6.15. The Morgan fingerprint density at radius 3 is 2.35 bits per heavy atom. The summed E-state index contributed by atoms with van der Waals surface area (Å²) in [5.41, 5.74) is 2.98. The quantitative estimate of drug-likeness (QED) is 0.837. The highest BCUT2D eigenvalue weighted by molar-refractivity contribution is 5.30. The predicted octanol–water partition coefficient (Wildman–Crippen LogP) is 3.27. The van der Waals surface area contributed by atoms with Crippen molar-refractivity contribution in [3.8, 4) is 0 Å². The Kier molecular flexibility index (Phi) is 2.69. The molecular weight excluding hydrogens is 206 g/mol. The molecule has 1 nitrogen and oxygen atoms in total. The molecule has 17 heavy (non-hydrogen) atoms. The van der Waals surface area contributed by atoms with Crippen LogP contribution in [0.3, 0.4) is 0 Å². The molecule has 0 aromatic heterocycles. The van der Waals surface area contributed by atoms with Gasteiger partial charge in [-0.2, -0.15) is 0 Å². The smallest absolute Gasteiger partial charge is 0.0438 e. The van der Waals surface area contributed by atoms with Gasteiger partial charge in [0.1, 0.15) is 0 Å². The minimum absolute atomic E-state index is 0.237.